The van der Waals surface area contributed by atoms with E-state index < -0.39 is 11.4 Å². The molecule has 1 unspecified atom stereocenters. The van der Waals surface area contributed by atoms with Gasteiger partial charge in [0.25, 0.3) is 0 Å². The molecule has 1 aromatic rings. The van der Waals surface area contributed by atoms with Crippen LogP contribution in [0, 0.1) is 0 Å². The first-order valence-corrected chi connectivity index (χ1v) is 6.12. The van der Waals surface area contributed by atoms with Gasteiger partial charge in [0, 0.05) is 17.3 Å². The molecule has 1 aromatic heterocycles. The number of thioether (sulfide) groups is 1. The average molecular weight is 239 g/mol. The number of carbonyl (C=O) groups is 1. The Balaban J connectivity index is 2.25. The fourth-order valence-electron chi connectivity index (χ4n) is 1.19. The molecule has 1 atom stereocenters. The van der Waals surface area contributed by atoms with Crippen LogP contribution in [-0.4, -0.2) is 22.2 Å². The summed E-state index contributed by atoms with van der Waals surface area (Å²) in [7, 11) is 0. The molecule has 16 heavy (non-hydrogen) atoms. The van der Waals surface area contributed by atoms with E-state index in [1.54, 1.807) is 31.1 Å². The minimum atomic E-state index is -0.890. The van der Waals surface area contributed by atoms with Gasteiger partial charge in [-0.1, -0.05) is 0 Å². The highest BCUT2D eigenvalue weighted by atomic mass is 32.2. The lowest BCUT2D eigenvalue weighted by Crippen LogP contribution is -2.49. The number of nitrogens with two attached hydrogens (primary N) is 2. The molecule has 0 aliphatic rings. The maximum absolute atomic E-state index is 11.0. The lowest BCUT2D eigenvalue weighted by molar-refractivity contribution is -0.122. The zero-order valence-corrected chi connectivity index (χ0v) is 10.2. The zero-order chi connectivity index (χ0) is 12.0. The Kier molecular flexibility index (Phi) is 4.76. The van der Waals surface area contributed by atoms with Crippen LogP contribution in [0.1, 0.15) is 19.8 Å². The van der Waals surface area contributed by atoms with Gasteiger partial charge in [0.2, 0.25) is 5.91 Å². The van der Waals surface area contributed by atoms with Crippen molar-refractivity contribution in [3.8, 4) is 0 Å². The van der Waals surface area contributed by atoms with Gasteiger partial charge in [-0.05, 0) is 37.7 Å². The van der Waals surface area contributed by atoms with Crippen LogP contribution in [0.2, 0.25) is 0 Å². The highest BCUT2D eigenvalue weighted by Crippen LogP contribution is 2.19. The lowest BCUT2D eigenvalue weighted by atomic mass is 9.97. The average Bonchev–Trinajstić information content (AvgIpc) is 2.26. The molecule has 88 valence electrons. The summed E-state index contributed by atoms with van der Waals surface area (Å²) in [5.41, 5.74) is 10.0. The smallest absolute Gasteiger partial charge is 0.237 e. The summed E-state index contributed by atoms with van der Waals surface area (Å²) in [6.07, 6.45) is 5.00. The predicted molar refractivity (Wildman–Crippen MR) is 66.0 cm³/mol. The van der Waals surface area contributed by atoms with Crippen LogP contribution >= 0.6 is 11.8 Å². The molecule has 1 amide bonds. The minimum absolute atomic E-state index is 0.443. The molecule has 0 fully saturated rings. The van der Waals surface area contributed by atoms with Crippen molar-refractivity contribution in [1.82, 2.24) is 4.98 Å². The second-order valence-electron chi connectivity index (χ2n) is 3.92. The summed E-state index contributed by atoms with van der Waals surface area (Å²) >= 11 is 1.73. The van der Waals surface area contributed by atoms with Gasteiger partial charge in [-0.3, -0.25) is 9.78 Å². The number of amides is 1. The molecule has 0 aromatic carbocycles. The van der Waals surface area contributed by atoms with Crippen LogP contribution in [0.25, 0.3) is 0 Å². The molecule has 0 bridgehead atoms. The van der Waals surface area contributed by atoms with Crippen LogP contribution in [-0.2, 0) is 4.79 Å². The molecule has 4 nitrogen and oxygen atoms in total. The third-order valence-corrected chi connectivity index (χ3v) is 3.42. The molecule has 0 saturated carbocycles. The Morgan fingerprint density at radius 2 is 2.12 bits per heavy atom. The molecule has 0 saturated heterocycles. The van der Waals surface area contributed by atoms with Crippen LogP contribution < -0.4 is 11.5 Å². The number of pyridine rings is 1. The Morgan fingerprint density at radius 1 is 1.50 bits per heavy atom. The third-order valence-electron chi connectivity index (χ3n) is 2.32. The Hall–Kier alpha value is -1.07. The number of hydrogen-bond donors (Lipinski definition) is 2. The van der Waals surface area contributed by atoms with Gasteiger partial charge in [-0.15, -0.1) is 11.8 Å². The first kappa shape index (κ1) is 13.0. The fourth-order valence-corrected chi connectivity index (χ4v) is 2.03. The van der Waals surface area contributed by atoms with Gasteiger partial charge in [0.1, 0.15) is 0 Å². The molecule has 0 radical (unpaired) electrons. The predicted octanol–water partition coefficient (Wildman–Crippen LogP) is 1.16. The fraction of sp³-hybridized carbons (Fsp3) is 0.455. The van der Waals surface area contributed by atoms with Crippen molar-refractivity contribution in [2.45, 2.75) is 30.2 Å². The summed E-state index contributed by atoms with van der Waals surface area (Å²) in [4.78, 5) is 16.1. The standard InChI is InChI=1S/C11H17N3OS/c1-11(13,10(12)15)5-2-8-16-9-3-6-14-7-4-9/h3-4,6-7H,2,5,8,13H2,1H3,(H2,12,15). The first-order chi connectivity index (χ1) is 7.52. The maximum atomic E-state index is 11.0. The lowest BCUT2D eigenvalue weighted by Gasteiger charge is -2.19. The van der Waals surface area contributed by atoms with Crippen LogP contribution in [0.3, 0.4) is 0 Å². The topological polar surface area (TPSA) is 82.0 Å². The Labute approximate surface area is 99.8 Å². The Bertz CT molecular complexity index is 340. The van der Waals surface area contributed by atoms with E-state index in [-0.39, 0.29) is 0 Å². The first-order valence-electron chi connectivity index (χ1n) is 5.14. The van der Waals surface area contributed by atoms with Gasteiger partial charge in [0.05, 0.1) is 5.54 Å². The number of aromatic nitrogens is 1. The molecule has 1 rings (SSSR count). The van der Waals surface area contributed by atoms with E-state index in [0.29, 0.717) is 6.42 Å². The number of nitrogens with zero attached hydrogens (tertiary/aromatic N) is 1. The van der Waals surface area contributed by atoms with Crippen LogP contribution in [0.4, 0.5) is 0 Å². The van der Waals surface area contributed by atoms with Crippen molar-refractivity contribution in [1.29, 1.82) is 0 Å². The second kappa shape index (κ2) is 5.86. The van der Waals surface area contributed by atoms with Crippen molar-refractivity contribution in [3.63, 3.8) is 0 Å². The third kappa shape index (κ3) is 4.20. The van der Waals surface area contributed by atoms with Crippen molar-refractivity contribution in [2.75, 3.05) is 5.75 Å². The van der Waals surface area contributed by atoms with Gasteiger partial charge >= 0.3 is 0 Å². The number of rotatable bonds is 6. The van der Waals surface area contributed by atoms with Gasteiger partial charge in [-0.2, -0.15) is 0 Å². The minimum Gasteiger partial charge on any atom is -0.368 e. The van der Waals surface area contributed by atoms with E-state index in [2.05, 4.69) is 4.98 Å². The van der Waals surface area contributed by atoms with E-state index in [9.17, 15) is 4.79 Å². The largest absolute Gasteiger partial charge is 0.368 e. The van der Waals surface area contributed by atoms with E-state index in [1.165, 1.54) is 4.90 Å². The van der Waals surface area contributed by atoms with Crippen LogP contribution in [0.5, 0.6) is 0 Å². The van der Waals surface area contributed by atoms with E-state index in [4.69, 9.17) is 11.5 Å². The molecule has 5 heteroatoms. The molecule has 0 spiro atoms. The monoisotopic (exact) mass is 239 g/mol. The number of carbonyl (C=O) groups excluding carboxylic acids is 1. The summed E-state index contributed by atoms with van der Waals surface area (Å²) in [5.74, 6) is 0.478. The summed E-state index contributed by atoms with van der Waals surface area (Å²) in [5, 5.41) is 0. The molecular weight excluding hydrogens is 222 g/mol. The molecular formula is C11H17N3OS. The SMILES string of the molecule is CC(N)(CCCSc1ccncc1)C(N)=O. The van der Waals surface area contributed by atoms with Crippen molar-refractivity contribution >= 4 is 17.7 Å². The van der Waals surface area contributed by atoms with Gasteiger partial charge in [-0.25, -0.2) is 0 Å². The molecule has 0 aliphatic carbocycles. The number of hydrogen-bond acceptors (Lipinski definition) is 4. The molecule has 0 aliphatic heterocycles. The summed E-state index contributed by atoms with van der Waals surface area (Å²) in [6.45, 7) is 1.67. The van der Waals surface area contributed by atoms with E-state index >= 15 is 0 Å². The van der Waals surface area contributed by atoms with Crippen molar-refractivity contribution in [3.05, 3.63) is 24.5 Å². The molecule has 4 N–H and O–H groups in total. The van der Waals surface area contributed by atoms with Crippen molar-refractivity contribution in [2.24, 2.45) is 11.5 Å². The van der Waals surface area contributed by atoms with E-state index in [1.807, 2.05) is 12.1 Å². The second-order valence-corrected chi connectivity index (χ2v) is 5.08. The maximum Gasteiger partial charge on any atom is 0.237 e. The van der Waals surface area contributed by atoms with E-state index in [0.717, 1.165) is 12.2 Å². The van der Waals surface area contributed by atoms with Gasteiger partial charge in [0.15, 0.2) is 0 Å². The highest BCUT2D eigenvalue weighted by Gasteiger charge is 2.24. The Morgan fingerprint density at radius 3 is 2.69 bits per heavy atom. The summed E-state index contributed by atoms with van der Waals surface area (Å²) < 4.78 is 0. The zero-order valence-electron chi connectivity index (χ0n) is 9.35. The normalized spacial score (nSPS) is 14.4. The van der Waals surface area contributed by atoms with Gasteiger partial charge < -0.3 is 11.5 Å². The summed E-state index contributed by atoms with van der Waals surface area (Å²) in [6, 6.07) is 3.92. The van der Waals surface area contributed by atoms with Crippen molar-refractivity contribution < 1.29 is 4.79 Å². The quantitative estimate of drug-likeness (QED) is 0.576. The number of primary amides is 1. The highest BCUT2D eigenvalue weighted by molar-refractivity contribution is 7.99. The molecule has 1 heterocycles. The van der Waals surface area contributed by atoms with Crippen LogP contribution in [0.15, 0.2) is 29.4 Å².